The Bertz CT molecular complexity index is 1080. The van der Waals surface area contributed by atoms with Gasteiger partial charge < -0.3 is 5.32 Å². The number of para-hydroxylation sites is 1. The summed E-state index contributed by atoms with van der Waals surface area (Å²) < 4.78 is 0. The second-order valence-corrected chi connectivity index (χ2v) is 6.99. The van der Waals surface area contributed by atoms with E-state index in [1.165, 1.54) is 0 Å². The molecule has 0 unspecified atom stereocenters. The lowest BCUT2D eigenvalue weighted by Gasteiger charge is -2.26. The largest absolute Gasteiger partial charge is 0.324 e. The zero-order chi connectivity index (χ0) is 20.2. The van der Waals surface area contributed by atoms with E-state index in [2.05, 4.69) is 5.32 Å². The summed E-state index contributed by atoms with van der Waals surface area (Å²) in [5, 5.41) is 2.86. The first-order valence-electron chi connectivity index (χ1n) is 9.46. The lowest BCUT2D eigenvalue weighted by Crippen LogP contribution is -2.46. The van der Waals surface area contributed by atoms with Gasteiger partial charge in [-0.1, -0.05) is 66.7 Å². The van der Waals surface area contributed by atoms with E-state index in [1.54, 1.807) is 24.3 Å². The highest BCUT2D eigenvalue weighted by Crippen LogP contribution is 2.21. The highest BCUT2D eigenvalue weighted by molar-refractivity contribution is 6.12. The molecule has 4 rings (SSSR count). The van der Waals surface area contributed by atoms with Gasteiger partial charge in [0.25, 0.3) is 5.91 Å². The smallest absolute Gasteiger partial charge is 0.261 e. The zero-order valence-electron chi connectivity index (χ0n) is 15.8. The number of carbonyl (C=O) groups is 3. The first-order chi connectivity index (χ1) is 14.1. The van der Waals surface area contributed by atoms with Gasteiger partial charge in [0, 0.05) is 11.3 Å². The van der Waals surface area contributed by atoms with Crippen molar-refractivity contribution in [1.29, 1.82) is 0 Å². The number of fused-ring (bicyclic) bond motifs is 1. The van der Waals surface area contributed by atoms with Crippen LogP contribution < -0.4 is 5.32 Å². The van der Waals surface area contributed by atoms with Crippen LogP contribution in [0.15, 0.2) is 78.9 Å². The molecular weight excluding hydrogens is 364 g/mol. The number of nitrogens with one attached hydrogen (secondary N) is 1. The predicted molar refractivity (Wildman–Crippen MR) is 111 cm³/mol. The minimum Gasteiger partial charge on any atom is -0.324 e. The molecule has 29 heavy (non-hydrogen) atoms. The average Bonchev–Trinajstić information content (AvgIpc) is 2.73. The Labute approximate surface area is 169 Å². The van der Waals surface area contributed by atoms with Gasteiger partial charge in [0.15, 0.2) is 0 Å². The molecule has 3 aromatic rings. The van der Waals surface area contributed by atoms with Crippen LogP contribution in [0.1, 0.15) is 27.0 Å². The van der Waals surface area contributed by atoms with Crippen LogP contribution >= 0.6 is 0 Å². The maximum absolute atomic E-state index is 12.6. The van der Waals surface area contributed by atoms with Crippen LogP contribution in [0.5, 0.6) is 0 Å². The number of hydrogen-bond donors (Lipinski definition) is 1. The summed E-state index contributed by atoms with van der Waals surface area (Å²) in [7, 11) is 0. The van der Waals surface area contributed by atoms with Crippen molar-refractivity contribution >= 4 is 23.4 Å². The number of nitrogens with zero attached hydrogens (tertiary/aromatic N) is 1. The molecule has 5 nitrogen and oxygen atoms in total. The molecule has 0 atom stereocenters. The number of hydrogen-bond acceptors (Lipinski definition) is 3. The van der Waals surface area contributed by atoms with E-state index in [1.807, 2.05) is 54.6 Å². The van der Waals surface area contributed by atoms with Crippen LogP contribution in [-0.4, -0.2) is 29.2 Å². The highest BCUT2D eigenvalue weighted by atomic mass is 16.2. The van der Waals surface area contributed by atoms with Crippen LogP contribution in [0.2, 0.25) is 0 Å². The molecule has 0 saturated heterocycles. The monoisotopic (exact) mass is 384 g/mol. The van der Waals surface area contributed by atoms with Crippen molar-refractivity contribution in [3.63, 3.8) is 0 Å². The first kappa shape index (κ1) is 18.6. The van der Waals surface area contributed by atoms with Crippen LogP contribution in [0, 0.1) is 0 Å². The predicted octanol–water partition coefficient (Wildman–Crippen LogP) is 3.44. The van der Waals surface area contributed by atoms with Crippen molar-refractivity contribution in [2.75, 3.05) is 11.9 Å². The summed E-state index contributed by atoms with van der Waals surface area (Å²) in [4.78, 5) is 38.7. The summed E-state index contributed by atoms with van der Waals surface area (Å²) in [5.41, 5.74) is 3.95. The number of rotatable bonds is 5. The van der Waals surface area contributed by atoms with Gasteiger partial charge in [-0.25, -0.2) is 0 Å². The molecule has 0 bridgehead atoms. The van der Waals surface area contributed by atoms with Crippen LogP contribution in [0.25, 0.3) is 0 Å². The topological polar surface area (TPSA) is 66.5 Å². The summed E-state index contributed by atoms with van der Waals surface area (Å²) in [6.07, 6.45) is 0.798. The molecule has 0 spiro atoms. The molecule has 0 radical (unpaired) electrons. The maximum atomic E-state index is 12.6. The van der Waals surface area contributed by atoms with E-state index < -0.39 is 11.8 Å². The minimum atomic E-state index is -0.426. The van der Waals surface area contributed by atoms with Gasteiger partial charge >= 0.3 is 0 Å². The molecular formula is C24H20N2O3. The minimum absolute atomic E-state index is 0.125. The molecule has 1 aliphatic heterocycles. The summed E-state index contributed by atoms with van der Waals surface area (Å²) >= 11 is 0. The Kier molecular flexibility index (Phi) is 5.20. The fourth-order valence-electron chi connectivity index (χ4n) is 3.51. The zero-order valence-corrected chi connectivity index (χ0v) is 15.8. The lowest BCUT2D eigenvalue weighted by atomic mass is 9.98. The second-order valence-electron chi connectivity index (χ2n) is 6.99. The molecule has 1 aliphatic rings. The molecule has 144 valence electrons. The quantitative estimate of drug-likeness (QED) is 0.686. The number of amides is 3. The SMILES string of the molecule is O=C(CN1C(=O)Cc2ccccc2C1=O)Nc1ccccc1Cc1ccccc1. The Morgan fingerprint density at radius 3 is 2.38 bits per heavy atom. The van der Waals surface area contributed by atoms with E-state index >= 15 is 0 Å². The first-order valence-corrected chi connectivity index (χ1v) is 9.46. The van der Waals surface area contributed by atoms with E-state index in [-0.39, 0.29) is 18.9 Å². The third-order valence-corrected chi connectivity index (χ3v) is 4.97. The van der Waals surface area contributed by atoms with Crippen LogP contribution in [0.4, 0.5) is 5.69 Å². The molecule has 1 N–H and O–H groups in total. The summed E-state index contributed by atoms with van der Waals surface area (Å²) in [6.45, 7) is -0.300. The van der Waals surface area contributed by atoms with Gasteiger partial charge in [0.1, 0.15) is 6.54 Å². The third kappa shape index (κ3) is 4.09. The van der Waals surface area contributed by atoms with Gasteiger partial charge in [-0.15, -0.1) is 0 Å². The van der Waals surface area contributed by atoms with Crippen molar-refractivity contribution < 1.29 is 14.4 Å². The number of carbonyl (C=O) groups excluding carboxylic acids is 3. The Morgan fingerprint density at radius 1 is 0.862 bits per heavy atom. The van der Waals surface area contributed by atoms with Crippen molar-refractivity contribution in [2.45, 2.75) is 12.8 Å². The van der Waals surface area contributed by atoms with Crippen molar-refractivity contribution in [2.24, 2.45) is 0 Å². The molecule has 1 heterocycles. The summed E-state index contributed by atoms with van der Waals surface area (Å²) in [6, 6.07) is 24.5. The molecule has 0 saturated carbocycles. The fraction of sp³-hybridized carbons (Fsp3) is 0.125. The molecule has 5 heteroatoms. The second kappa shape index (κ2) is 8.10. The van der Waals surface area contributed by atoms with E-state index in [9.17, 15) is 14.4 Å². The van der Waals surface area contributed by atoms with Gasteiger partial charge in [0.05, 0.1) is 6.42 Å². The maximum Gasteiger partial charge on any atom is 0.261 e. The average molecular weight is 384 g/mol. The van der Waals surface area contributed by atoms with Gasteiger partial charge in [-0.2, -0.15) is 0 Å². The van der Waals surface area contributed by atoms with E-state index in [0.29, 0.717) is 23.2 Å². The lowest BCUT2D eigenvalue weighted by molar-refractivity contribution is -0.131. The molecule has 0 aliphatic carbocycles. The van der Waals surface area contributed by atoms with Gasteiger partial charge in [0.2, 0.25) is 11.8 Å². The number of imide groups is 1. The van der Waals surface area contributed by atoms with Gasteiger partial charge in [-0.05, 0) is 35.2 Å². The fourth-order valence-corrected chi connectivity index (χ4v) is 3.51. The molecule has 0 aromatic heterocycles. The van der Waals surface area contributed by atoms with Crippen molar-refractivity contribution in [1.82, 2.24) is 4.90 Å². The Morgan fingerprint density at radius 2 is 1.55 bits per heavy atom. The normalized spacial score (nSPS) is 13.2. The molecule has 3 amide bonds. The van der Waals surface area contributed by atoms with Crippen molar-refractivity contribution in [3.8, 4) is 0 Å². The highest BCUT2D eigenvalue weighted by Gasteiger charge is 2.32. The standard InChI is InChI=1S/C24H20N2O3/c27-22(16-26-23(28)15-18-10-4-6-12-20(18)24(26)29)25-21-13-7-5-11-19(21)14-17-8-2-1-3-9-17/h1-13H,14-16H2,(H,25,27). The third-order valence-electron chi connectivity index (χ3n) is 4.97. The summed E-state index contributed by atoms with van der Waals surface area (Å²) in [5.74, 6) is -1.18. The number of anilines is 1. The van der Waals surface area contributed by atoms with Gasteiger partial charge in [-0.3, -0.25) is 19.3 Å². The van der Waals surface area contributed by atoms with E-state index in [0.717, 1.165) is 16.0 Å². The van der Waals surface area contributed by atoms with Crippen LogP contribution in [-0.2, 0) is 22.4 Å². The number of benzene rings is 3. The molecule has 0 fully saturated rings. The van der Waals surface area contributed by atoms with Crippen LogP contribution in [0.3, 0.4) is 0 Å². The molecule has 3 aromatic carbocycles. The van der Waals surface area contributed by atoms with E-state index in [4.69, 9.17) is 0 Å². The Balaban J connectivity index is 1.48. The van der Waals surface area contributed by atoms with Crippen molar-refractivity contribution in [3.05, 3.63) is 101 Å². The Hall–Kier alpha value is -3.73.